The summed E-state index contributed by atoms with van der Waals surface area (Å²) >= 11 is 1.58. The van der Waals surface area contributed by atoms with Crippen molar-refractivity contribution in [3.63, 3.8) is 0 Å². The molecule has 7 heteroatoms. The lowest BCUT2D eigenvalue weighted by Crippen LogP contribution is -2.37. The van der Waals surface area contributed by atoms with E-state index in [0.29, 0.717) is 26.1 Å². The van der Waals surface area contributed by atoms with Crippen molar-refractivity contribution in [2.24, 2.45) is 5.73 Å². The minimum atomic E-state index is 0. The van der Waals surface area contributed by atoms with E-state index < -0.39 is 0 Å². The molecule has 0 radical (unpaired) electrons. The van der Waals surface area contributed by atoms with Gasteiger partial charge in [-0.1, -0.05) is 60.2 Å². The number of rotatable bonds is 8. The number of amides is 1. The fourth-order valence-corrected chi connectivity index (χ4v) is 3.74. The first-order valence-electron chi connectivity index (χ1n) is 9.19. The van der Waals surface area contributed by atoms with Crippen LogP contribution in [-0.4, -0.2) is 35.4 Å². The minimum Gasteiger partial charge on any atom is -0.341 e. The average molecular weight is 452 g/mol. The molecule has 3 aromatic rings. The Kier molecular flexibility index (Phi) is 10.9. The van der Waals surface area contributed by atoms with Gasteiger partial charge >= 0.3 is 0 Å². The van der Waals surface area contributed by atoms with Gasteiger partial charge in [-0.3, -0.25) is 4.79 Å². The van der Waals surface area contributed by atoms with Crippen molar-refractivity contribution in [1.82, 2.24) is 9.88 Å². The molecule has 0 saturated heterocycles. The van der Waals surface area contributed by atoms with Crippen LogP contribution in [-0.2, 0) is 17.6 Å². The van der Waals surface area contributed by atoms with Gasteiger partial charge in [0, 0.05) is 30.6 Å². The Hall–Kier alpha value is -1.92. The number of thiazole rings is 1. The molecule has 2 aromatic carbocycles. The molecular formula is C22H27Cl2N3OS. The predicted molar refractivity (Wildman–Crippen MR) is 126 cm³/mol. The van der Waals surface area contributed by atoms with Gasteiger partial charge in [0.15, 0.2) is 0 Å². The summed E-state index contributed by atoms with van der Waals surface area (Å²) in [7, 11) is 0. The predicted octanol–water partition coefficient (Wildman–Crippen LogP) is 4.53. The Labute approximate surface area is 189 Å². The molecular weight excluding hydrogens is 425 g/mol. The second kappa shape index (κ2) is 12.6. The normalized spacial score (nSPS) is 10.0. The largest absolute Gasteiger partial charge is 0.341 e. The highest BCUT2D eigenvalue weighted by Gasteiger charge is 2.15. The summed E-state index contributed by atoms with van der Waals surface area (Å²) in [6, 6.07) is 18.5. The zero-order valence-electron chi connectivity index (χ0n) is 16.4. The van der Waals surface area contributed by atoms with E-state index in [1.165, 1.54) is 11.1 Å². The second-order valence-electron chi connectivity index (χ2n) is 6.59. The summed E-state index contributed by atoms with van der Waals surface area (Å²) in [5.41, 5.74) is 10.1. The van der Waals surface area contributed by atoms with Crippen molar-refractivity contribution in [1.29, 1.82) is 0 Å². The van der Waals surface area contributed by atoms with E-state index in [4.69, 9.17) is 5.73 Å². The fourth-order valence-electron chi connectivity index (χ4n) is 2.91. The number of benzene rings is 2. The number of carbonyl (C=O) groups excluding carboxylic acids is 1. The number of carbonyl (C=O) groups is 1. The standard InChI is InChI=1S/C22H25N3OS.2ClH/c1-17-7-9-19(10-8-17)22-24-20(16-27-22)15-21(26)25(14-12-23)13-11-18-5-3-2-4-6-18;;/h2-10,16H,11-15,23H2,1H3;2*1H. The lowest BCUT2D eigenvalue weighted by molar-refractivity contribution is -0.130. The highest BCUT2D eigenvalue weighted by molar-refractivity contribution is 7.13. The van der Waals surface area contributed by atoms with Gasteiger partial charge in [0.05, 0.1) is 12.1 Å². The molecule has 156 valence electrons. The third kappa shape index (κ3) is 7.44. The van der Waals surface area contributed by atoms with E-state index >= 15 is 0 Å². The number of nitrogens with zero attached hydrogens (tertiary/aromatic N) is 2. The fraction of sp³-hybridized carbons (Fsp3) is 0.273. The number of hydrogen-bond donors (Lipinski definition) is 1. The van der Waals surface area contributed by atoms with E-state index in [1.54, 1.807) is 11.3 Å². The van der Waals surface area contributed by atoms with E-state index in [-0.39, 0.29) is 30.7 Å². The molecule has 0 aliphatic rings. The van der Waals surface area contributed by atoms with Crippen LogP contribution in [0.1, 0.15) is 16.8 Å². The molecule has 0 aliphatic heterocycles. The van der Waals surface area contributed by atoms with Crippen LogP contribution in [0.3, 0.4) is 0 Å². The minimum absolute atomic E-state index is 0. The van der Waals surface area contributed by atoms with Gasteiger partial charge in [-0.15, -0.1) is 36.2 Å². The number of aryl methyl sites for hydroxylation is 1. The molecule has 0 atom stereocenters. The first kappa shape index (κ1) is 25.1. The van der Waals surface area contributed by atoms with Crippen molar-refractivity contribution < 1.29 is 4.79 Å². The lowest BCUT2D eigenvalue weighted by atomic mass is 10.1. The summed E-state index contributed by atoms with van der Waals surface area (Å²) < 4.78 is 0. The summed E-state index contributed by atoms with van der Waals surface area (Å²) in [6.45, 7) is 3.78. The van der Waals surface area contributed by atoms with Gasteiger partial charge < -0.3 is 10.6 Å². The molecule has 0 aliphatic carbocycles. The smallest absolute Gasteiger partial charge is 0.228 e. The molecule has 0 unspecified atom stereocenters. The molecule has 1 aromatic heterocycles. The van der Waals surface area contributed by atoms with Crippen LogP contribution in [0.15, 0.2) is 60.0 Å². The third-order valence-corrected chi connectivity index (χ3v) is 5.39. The SMILES string of the molecule is Cc1ccc(-c2nc(CC(=O)N(CCN)CCc3ccccc3)cs2)cc1.Cl.Cl. The van der Waals surface area contributed by atoms with Gasteiger partial charge in [0.1, 0.15) is 5.01 Å². The van der Waals surface area contributed by atoms with Crippen molar-refractivity contribution in [2.75, 3.05) is 19.6 Å². The Morgan fingerprint density at radius 2 is 1.72 bits per heavy atom. The van der Waals surface area contributed by atoms with Crippen LogP contribution in [0.25, 0.3) is 10.6 Å². The van der Waals surface area contributed by atoms with Crippen LogP contribution < -0.4 is 5.73 Å². The van der Waals surface area contributed by atoms with Gasteiger partial charge in [-0.05, 0) is 18.9 Å². The van der Waals surface area contributed by atoms with E-state index in [9.17, 15) is 4.79 Å². The zero-order valence-corrected chi connectivity index (χ0v) is 18.9. The summed E-state index contributed by atoms with van der Waals surface area (Å²) in [5, 5.41) is 2.93. The first-order chi connectivity index (χ1) is 13.2. The molecule has 0 saturated carbocycles. The Bertz CT molecular complexity index is 869. The highest BCUT2D eigenvalue weighted by Crippen LogP contribution is 2.24. The number of aromatic nitrogens is 1. The van der Waals surface area contributed by atoms with Crippen LogP contribution in [0.2, 0.25) is 0 Å². The molecule has 2 N–H and O–H groups in total. The molecule has 4 nitrogen and oxygen atoms in total. The van der Waals surface area contributed by atoms with Crippen molar-refractivity contribution in [3.05, 3.63) is 76.8 Å². The van der Waals surface area contributed by atoms with Gasteiger partial charge in [-0.25, -0.2) is 4.98 Å². The van der Waals surface area contributed by atoms with E-state index in [1.807, 2.05) is 28.5 Å². The van der Waals surface area contributed by atoms with Crippen LogP contribution in [0, 0.1) is 6.92 Å². The van der Waals surface area contributed by atoms with Crippen molar-refractivity contribution in [3.8, 4) is 10.6 Å². The summed E-state index contributed by atoms with van der Waals surface area (Å²) in [6.07, 6.45) is 1.15. The maximum Gasteiger partial charge on any atom is 0.228 e. The highest BCUT2D eigenvalue weighted by atomic mass is 35.5. The van der Waals surface area contributed by atoms with Crippen LogP contribution in [0.5, 0.6) is 0 Å². The van der Waals surface area contributed by atoms with Gasteiger partial charge in [0.25, 0.3) is 0 Å². The Morgan fingerprint density at radius 3 is 2.38 bits per heavy atom. The number of hydrogen-bond acceptors (Lipinski definition) is 4. The third-order valence-electron chi connectivity index (χ3n) is 4.45. The molecule has 3 rings (SSSR count). The van der Waals surface area contributed by atoms with Crippen molar-refractivity contribution in [2.45, 2.75) is 19.8 Å². The monoisotopic (exact) mass is 451 g/mol. The molecule has 0 spiro atoms. The zero-order chi connectivity index (χ0) is 19.1. The van der Waals surface area contributed by atoms with Gasteiger partial charge in [0.2, 0.25) is 5.91 Å². The lowest BCUT2D eigenvalue weighted by Gasteiger charge is -2.21. The first-order valence-corrected chi connectivity index (χ1v) is 10.1. The summed E-state index contributed by atoms with van der Waals surface area (Å²) in [5.74, 6) is 0.0807. The molecule has 0 bridgehead atoms. The Morgan fingerprint density at radius 1 is 1.03 bits per heavy atom. The summed E-state index contributed by atoms with van der Waals surface area (Å²) in [4.78, 5) is 19.2. The molecule has 1 heterocycles. The maximum absolute atomic E-state index is 12.7. The molecule has 0 fully saturated rings. The second-order valence-corrected chi connectivity index (χ2v) is 7.45. The van der Waals surface area contributed by atoms with E-state index in [2.05, 4.69) is 48.3 Å². The maximum atomic E-state index is 12.7. The number of halogens is 2. The van der Waals surface area contributed by atoms with Crippen LogP contribution in [0.4, 0.5) is 0 Å². The quantitative estimate of drug-likeness (QED) is 0.546. The van der Waals surface area contributed by atoms with Gasteiger partial charge in [-0.2, -0.15) is 0 Å². The topological polar surface area (TPSA) is 59.2 Å². The Balaban J connectivity index is 0.00000210. The average Bonchev–Trinajstić information content (AvgIpc) is 3.15. The van der Waals surface area contributed by atoms with Crippen molar-refractivity contribution >= 4 is 42.1 Å². The molecule has 29 heavy (non-hydrogen) atoms. The molecule has 1 amide bonds. The van der Waals surface area contributed by atoms with E-state index in [0.717, 1.165) is 22.7 Å². The number of nitrogens with two attached hydrogens (primary N) is 1. The van der Waals surface area contributed by atoms with Crippen LogP contribution >= 0.6 is 36.2 Å².